The highest BCUT2D eigenvalue weighted by atomic mass is 16.5. The first-order valence-corrected chi connectivity index (χ1v) is 7.96. The fourth-order valence-electron chi connectivity index (χ4n) is 3.31. The van der Waals surface area contributed by atoms with Gasteiger partial charge in [0.25, 0.3) is 0 Å². The van der Waals surface area contributed by atoms with Crippen LogP contribution in [-0.4, -0.2) is 40.5 Å². The van der Waals surface area contributed by atoms with Gasteiger partial charge in [0.2, 0.25) is 0 Å². The predicted octanol–water partition coefficient (Wildman–Crippen LogP) is 2.43. The third-order valence-corrected chi connectivity index (χ3v) is 4.83. The quantitative estimate of drug-likeness (QED) is 0.828. The van der Waals surface area contributed by atoms with Gasteiger partial charge in [0.1, 0.15) is 0 Å². The molecule has 112 valence electrons. The van der Waals surface area contributed by atoms with E-state index < -0.39 is 0 Å². The van der Waals surface area contributed by atoms with Crippen LogP contribution in [0.5, 0.6) is 0 Å². The van der Waals surface area contributed by atoms with Gasteiger partial charge in [-0.25, -0.2) is 0 Å². The first-order chi connectivity index (χ1) is 9.65. The van der Waals surface area contributed by atoms with Crippen LogP contribution in [0.1, 0.15) is 42.6 Å². The molecule has 1 aromatic heterocycles. The fraction of sp³-hybridized carbons (Fsp3) is 0.812. The van der Waals surface area contributed by atoms with E-state index in [9.17, 15) is 0 Å². The van der Waals surface area contributed by atoms with Gasteiger partial charge in [-0.3, -0.25) is 9.58 Å². The molecule has 0 spiro atoms. The second kappa shape index (κ2) is 5.86. The number of nitrogens with zero attached hydrogens (tertiary/aromatic N) is 3. The molecule has 0 N–H and O–H groups in total. The summed E-state index contributed by atoms with van der Waals surface area (Å²) in [6, 6.07) is 0.802. The van der Waals surface area contributed by atoms with Crippen molar-refractivity contribution in [2.24, 2.45) is 13.0 Å². The normalized spacial score (nSPS) is 23.5. The monoisotopic (exact) mass is 277 g/mol. The molecular weight excluding hydrogens is 250 g/mol. The second-order valence-corrected chi connectivity index (χ2v) is 6.52. The van der Waals surface area contributed by atoms with Crippen LogP contribution < -0.4 is 0 Å². The van der Waals surface area contributed by atoms with Gasteiger partial charge in [0, 0.05) is 44.0 Å². The molecule has 3 rings (SSSR count). The van der Waals surface area contributed by atoms with Crippen LogP contribution in [0, 0.1) is 19.8 Å². The van der Waals surface area contributed by atoms with Crippen LogP contribution in [-0.2, 0) is 18.3 Å². The molecule has 2 aliphatic rings. The van der Waals surface area contributed by atoms with Crippen molar-refractivity contribution in [3.63, 3.8) is 0 Å². The van der Waals surface area contributed by atoms with Gasteiger partial charge in [-0.05, 0) is 45.4 Å². The largest absolute Gasteiger partial charge is 0.381 e. The van der Waals surface area contributed by atoms with Crippen molar-refractivity contribution < 1.29 is 4.74 Å². The Hall–Kier alpha value is -0.870. The summed E-state index contributed by atoms with van der Waals surface area (Å²) in [5.41, 5.74) is 3.93. The zero-order chi connectivity index (χ0) is 14.1. The zero-order valence-corrected chi connectivity index (χ0v) is 13.1. The van der Waals surface area contributed by atoms with Crippen molar-refractivity contribution in [1.82, 2.24) is 14.7 Å². The van der Waals surface area contributed by atoms with E-state index in [1.54, 1.807) is 0 Å². The van der Waals surface area contributed by atoms with Crippen LogP contribution in [0.15, 0.2) is 0 Å². The molecular formula is C16H27N3O. The summed E-state index contributed by atoms with van der Waals surface area (Å²) in [5, 5.41) is 4.56. The first-order valence-electron chi connectivity index (χ1n) is 7.96. The van der Waals surface area contributed by atoms with Gasteiger partial charge in [0.15, 0.2) is 0 Å². The molecule has 20 heavy (non-hydrogen) atoms. The molecule has 1 saturated heterocycles. The molecule has 2 heterocycles. The van der Waals surface area contributed by atoms with Crippen molar-refractivity contribution in [2.75, 3.05) is 19.8 Å². The minimum Gasteiger partial charge on any atom is -0.381 e. The number of hydrogen-bond donors (Lipinski definition) is 0. The SMILES string of the molecule is Cc1nn(C)c(C)c1CN(C[C@@H]1CCCOC1)C1CC1. The molecule has 4 heteroatoms. The van der Waals surface area contributed by atoms with E-state index in [2.05, 4.69) is 23.8 Å². The molecule has 0 unspecified atom stereocenters. The van der Waals surface area contributed by atoms with Gasteiger partial charge >= 0.3 is 0 Å². The van der Waals surface area contributed by atoms with Gasteiger partial charge in [-0.2, -0.15) is 5.10 Å². The van der Waals surface area contributed by atoms with Crippen molar-refractivity contribution >= 4 is 0 Å². The summed E-state index contributed by atoms with van der Waals surface area (Å²) >= 11 is 0. The topological polar surface area (TPSA) is 30.3 Å². The highest BCUT2D eigenvalue weighted by Crippen LogP contribution is 2.31. The maximum Gasteiger partial charge on any atom is 0.0641 e. The van der Waals surface area contributed by atoms with E-state index >= 15 is 0 Å². The van der Waals surface area contributed by atoms with Crippen molar-refractivity contribution in [1.29, 1.82) is 0 Å². The van der Waals surface area contributed by atoms with Crippen molar-refractivity contribution in [3.05, 3.63) is 17.0 Å². The van der Waals surface area contributed by atoms with Crippen LogP contribution >= 0.6 is 0 Å². The molecule has 0 amide bonds. The van der Waals surface area contributed by atoms with Crippen molar-refractivity contribution in [3.8, 4) is 0 Å². The smallest absolute Gasteiger partial charge is 0.0641 e. The van der Waals surface area contributed by atoms with E-state index in [-0.39, 0.29) is 0 Å². The van der Waals surface area contributed by atoms with E-state index in [4.69, 9.17) is 4.74 Å². The molecule has 4 nitrogen and oxygen atoms in total. The number of rotatable bonds is 5. The Bertz CT molecular complexity index is 459. The Morgan fingerprint density at radius 1 is 1.30 bits per heavy atom. The summed E-state index contributed by atoms with van der Waals surface area (Å²) < 4.78 is 7.66. The highest BCUT2D eigenvalue weighted by Gasteiger charge is 2.32. The molecule has 0 aromatic carbocycles. The van der Waals surface area contributed by atoms with Crippen LogP contribution in [0.25, 0.3) is 0 Å². The third-order valence-electron chi connectivity index (χ3n) is 4.83. The molecule has 0 bridgehead atoms. The molecule has 1 aromatic rings. The third kappa shape index (κ3) is 3.07. The average Bonchev–Trinajstić information content (AvgIpc) is 3.24. The number of hydrogen-bond acceptors (Lipinski definition) is 3. The molecule has 0 radical (unpaired) electrons. The Labute approximate surface area is 122 Å². The number of ether oxygens (including phenoxy) is 1. The maximum atomic E-state index is 5.64. The van der Waals surface area contributed by atoms with Gasteiger partial charge in [0.05, 0.1) is 12.3 Å². The van der Waals surface area contributed by atoms with Crippen molar-refractivity contribution in [2.45, 2.75) is 52.1 Å². The Kier molecular flexibility index (Phi) is 4.13. The summed E-state index contributed by atoms with van der Waals surface area (Å²) in [5.74, 6) is 0.724. The highest BCUT2D eigenvalue weighted by molar-refractivity contribution is 5.24. The molecule has 1 saturated carbocycles. The lowest BCUT2D eigenvalue weighted by molar-refractivity contribution is 0.0357. The Balaban J connectivity index is 1.67. The first kappa shape index (κ1) is 14.1. The Morgan fingerprint density at radius 2 is 2.10 bits per heavy atom. The molecule has 1 atom stereocenters. The van der Waals surface area contributed by atoms with Crippen LogP contribution in [0.4, 0.5) is 0 Å². The predicted molar refractivity (Wildman–Crippen MR) is 79.7 cm³/mol. The zero-order valence-electron chi connectivity index (χ0n) is 13.1. The summed E-state index contributed by atoms with van der Waals surface area (Å²) in [6.45, 7) is 8.49. The number of aromatic nitrogens is 2. The lowest BCUT2D eigenvalue weighted by Crippen LogP contribution is -2.35. The second-order valence-electron chi connectivity index (χ2n) is 6.52. The van der Waals surface area contributed by atoms with E-state index in [1.165, 1.54) is 49.2 Å². The van der Waals surface area contributed by atoms with Gasteiger partial charge in [-0.15, -0.1) is 0 Å². The van der Waals surface area contributed by atoms with E-state index in [0.717, 1.165) is 31.7 Å². The minimum absolute atomic E-state index is 0.724. The standard InChI is InChI=1S/C16H27N3O/c1-12-16(13(2)18(3)17-12)10-19(15-6-7-15)9-14-5-4-8-20-11-14/h14-15H,4-11H2,1-3H3/t14-/m0/s1. The van der Waals surface area contributed by atoms with Gasteiger partial charge < -0.3 is 4.74 Å². The Morgan fingerprint density at radius 3 is 2.65 bits per heavy atom. The minimum atomic E-state index is 0.724. The molecule has 1 aliphatic heterocycles. The summed E-state index contributed by atoms with van der Waals surface area (Å²) in [4.78, 5) is 2.68. The maximum absolute atomic E-state index is 5.64. The lowest BCUT2D eigenvalue weighted by atomic mass is 10.0. The van der Waals surface area contributed by atoms with E-state index in [0.29, 0.717) is 0 Å². The summed E-state index contributed by atoms with van der Waals surface area (Å²) in [7, 11) is 2.04. The lowest BCUT2D eigenvalue weighted by Gasteiger charge is -2.30. The summed E-state index contributed by atoms with van der Waals surface area (Å²) in [6.07, 6.45) is 5.29. The fourth-order valence-corrected chi connectivity index (χ4v) is 3.31. The van der Waals surface area contributed by atoms with Crippen LogP contribution in [0.3, 0.4) is 0 Å². The average molecular weight is 277 g/mol. The molecule has 2 fully saturated rings. The van der Waals surface area contributed by atoms with E-state index in [1.807, 2.05) is 11.7 Å². The number of aryl methyl sites for hydroxylation is 2. The molecule has 1 aliphatic carbocycles. The van der Waals surface area contributed by atoms with Crippen LogP contribution in [0.2, 0.25) is 0 Å². The van der Waals surface area contributed by atoms with Gasteiger partial charge in [-0.1, -0.05) is 0 Å².